The number of carbonyl (C=O) groups excluding carboxylic acids is 2. The van der Waals surface area contributed by atoms with Crippen LogP contribution in [0.5, 0.6) is 0 Å². The Kier molecular flexibility index (Phi) is 3.46. The Hall–Kier alpha value is -1.32. The second-order valence-electron chi connectivity index (χ2n) is 4.24. The van der Waals surface area contributed by atoms with Crippen LogP contribution in [-0.2, 0) is 16.1 Å². The maximum atomic E-state index is 11.7. The Bertz CT molecular complexity index is 554. The number of carbonyl (C=O) groups is 2. The minimum absolute atomic E-state index is 0.186. The van der Waals surface area contributed by atoms with Crippen LogP contribution >= 0.6 is 23.2 Å². The van der Waals surface area contributed by atoms with Gasteiger partial charge in [0.1, 0.15) is 10.1 Å². The quantitative estimate of drug-likeness (QED) is 0.783. The number of halogens is 2. The molecule has 0 aromatic heterocycles. The van der Waals surface area contributed by atoms with Crippen LogP contribution in [0.15, 0.2) is 28.3 Å². The molecule has 2 amide bonds. The molecule has 0 saturated heterocycles. The highest BCUT2D eigenvalue weighted by Crippen LogP contribution is 2.28. The van der Waals surface area contributed by atoms with Crippen molar-refractivity contribution in [1.29, 1.82) is 0 Å². The third-order valence-electron chi connectivity index (χ3n) is 2.97. The fourth-order valence-electron chi connectivity index (χ4n) is 1.75. The molecule has 94 valence electrons. The molecule has 18 heavy (non-hydrogen) atoms. The fourth-order valence-corrected chi connectivity index (χ4v) is 2.11. The van der Waals surface area contributed by atoms with Gasteiger partial charge in [0.25, 0.3) is 11.8 Å². The monoisotopic (exact) mass is 283 g/mol. The molecule has 0 saturated carbocycles. The molecule has 0 bridgehead atoms. The van der Waals surface area contributed by atoms with E-state index in [2.05, 4.69) is 0 Å². The molecule has 0 fully saturated rings. The zero-order valence-electron chi connectivity index (χ0n) is 9.96. The highest BCUT2D eigenvalue weighted by molar-refractivity contribution is 6.58. The summed E-state index contributed by atoms with van der Waals surface area (Å²) in [5.41, 5.74) is 3.14. The van der Waals surface area contributed by atoms with E-state index in [1.165, 1.54) is 0 Å². The first-order valence-corrected chi connectivity index (χ1v) is 6.15. The number of aryl methyl sites for hydroxylation is 2. The normalized spacial score (nSPS) is 15.9. The lowest BCUT2D eigenvalue weighted by molar-refractivity contribution is -0.137. The van der Waals surface area contributed by atoms with Crippen molar-refractivity contribution in [2.75, 3.05) is 0 Å². The van der Waals surface area contributed by atoms with Gasteiger partial charge in [0, 0.05) is 0 Å². The summed E-state index contributed by atoms with van der Waals surface area (Å²) in [6.45, 7) is 4.16. The van der Waals surface area contributed by atoms with Crippen LogP contribution in [0.2, 0.25) is 0 Å². The number of benzene rings is 1. The van der Waals surface area contributed by atoms with Crippen molar-refractivity contribution in [3.05, 3.63) is 45.0 Å². The van der Waals surface area contributed by atoms with Gasteiger partial charge in [0.2, 0.25) is 0 Å². The molecule has 1 aromatic rings. The summed E-state index contributed by atoms with van der Waals surface area (Å²) in [6, 6.07) is 5.77. The van der Waals surface area contributed by atoms with Gasteiger partial charge in [-0.2, -0.15) is 0 Å². The van der Waals surface area contributed by atoms with E-state index in [9.17, 15) is 9.59 Å². The van der Waals surface area contributed by atoms with Gasteiger partial charge in [0.15, 0.2) is 0 Å². The molecule has 2 rings (SSSR count). The Morgan fingerprint density at radius 1 is 1.00 bits per heavy atom. The van der Waals surface area contributed by atoms with Crippen LogP contribution in [0.25, 0.3) is 0 Å². The van der Waals surface area contributed by atoms with Crippen LogP contribution in [0.3, 0.4) is 0 Å². The molecule has 0 atom stereocenters. The minimum Gasteiger partial charge on any atom is -0.268 e. The zero-order valence-corrected chi connectivity index (χ0v) is 11.5. The molecule has 1 aliphatic heterocycles. The van der Waals surface area contributed by atoms with E-state index in [4.69, 9.17) is 23.2 Å². The third kappa shape index (κ3) is 2.16. The molecule has 0 N–H and O–H groups in total. The van der Waals surface area contributed by atoms with Crippen molar-refractivity contribution in [3.8, 4) is 0 Å². The topological polar surface area (TPSA) is 37.4 Å². The number of rotatable bonds is 2. The minimum atomic E-state index is -0.537. The van der Waals surface area contributed by atoms with E-state index in [-0.39, 0.29) is 16.6 Å². The van der Waals surface area contributed by atoms with Crippen LogP contribution in [0, 0.1) is 13.8 Å². The number of amides is 2. The highest BCUT2D eigenvalue weighted by Gasteiger charge is 2.36. The summed E-state index contributed by atoms with van der Waals surface area (Å²) >= 11 is 11.3. The predicted octanol–water partition coefficient (Wildman–Crippen LogP) is 2.86. The van der Waals surface area contributed by atoms with E-state index < -0.39 is 11.8 Å². The summed E-state index contributed by atoms with van der Waals surface area (Å²) in [6.07, 6.45) is 0. The first kappa shape index (κ1) is 13.1. The van der Waals surface area contributed by atoms with Gasteiger partial charge in [-0.05, 0) is 30.5 Å². The molecule has 5 heteroatoms. The van der Waals surface area contributed by atoms with Crippen molar-refractivity contribution in [2.45, 2.75) is 20.4 Å². The van der Waals surface area contributed by atoms with Gasteiger partial charge in [0.05, 0.1) is 6.54 Å². The summed E-state index contributed by atoms with van der Waals surface area (Å²) in [4.78, 5) is 24.5. The van der Waals surface area contributed by atoms with Crippen molar-refractivity contribution in [2.24, 2.45) is 0 Å². The number of nitrogens with zero attached hydrogens (tertiary/aromatic N) is 1. The Balaban J connectivity index is 2.24. The summed E-state index contributed by atoms with van der Waals surface area (Å²) < 4.78 is 0. The third-order valence-corrected chi connectivity index (χ3v) is 3.77. The second-order valence-corrected chi connectivity index (χ2v) is 5.00. The summed E-state index contributed by atoms with van der Waals surface area (Å²) in [7, 11) is 0. The average molecular weight is 284 g/mol. The lowest BCUT2D eigenvalue weighted by Crippen LogP contribution is -2.30. The smallest absolute Gasteiger partial charge is 0.268 e. The molecule has 1 aromatic carbocycles. The fraction of sp³-hybridized carbons (Fsp3) is 0.231. The van der Waals surface area contributed by atoms with Crippen LogP contribution in [0.4, 0.5) is 0 Å². The van der Waals surface area contributed by atoms with Gasteiger partial charge in [-0.3, -0.25) is 14.5 Å². The van der Waals surface area contributed by atoms with Crippen molar-refractivity contribution < 1.29 is 9.59 Å². The lowest BCUT2D eigenvalue weighted by Gasteiger charge is -2.15. The molecular weight excluding hydrogens is 273 g/mol. The largest absolute Gasteiger partial charge is 0.274 e. The molecular formula is C13H11Cl2NO2. The van der Waals surface area contributed by atoms with Crippen molar-refractivity contribution in [3.63, 3.8) is 0 Å². The SMILES string of the molecule is Cc1ccc(CN2C(=O)C(Cl)=C(Cl)C2=O)cc1C. The highest BCUT2D eigenvalue weighted by atomic mass is 35.5. The predicted molar refractivity (Wildman–Crippen MR) is 70.2 cm³/mol. The van der Waals surface area contributed by atoms with Crippen molar-refractivity contribution in [1.82, 2.24) is 4.90 Å². The average Bonchev–Trinajstić information content (AvgIpc) is 2.52. The number of hydrogen-bond acceptors (Lipinski definition) is 2. The molecule has 3 nitrogen and oxygen atoms in total. The molecule has 1 aliphatic rings. The van der Waals surface area contributed by atoms with Gasteiger partial charge >= 0.3 is 0 Å². The summed E-state index contributed by atoms with van der Waals surface area (Å²) in [5, 5.41) is -0.406. The molecule has 0 spiro atoms. The Morgan fingerprint density at radius 2 is 1.56 bits per heavy atom. The van der Waals surface area contributed by atoms with Gasteiger partial charge in [-0.1, -0.05) is 41.4 Å². The van der Waals surface area contributed by atoms with E-state index in [0.29, 0.717) is 0 Å². The van der Waals surface area contributed by atoms with Gasteiger partial charge < -0.3 is 0 Å². The van der Waals surface area contributed by atoms with Gasteiger partial charge in [-0.15, -0.1) is 0 Å². The van der Waals surface area contributed by atoms with Gasteiger partial charge in [-0.25, -0.2) is 0 Å². The standard InChI is InChI=1S/C13H11Cl2NO2/c1-7-3-4-9(5-8(7)2)6-16-12(17)10(14)11(15)13(16)18/h3-5H,6H2,1-2H3. The second kappa shape index (κ2) is 4.75. The number of hydrogen-bond donors (Lipinski definition) is 0. The first-order chi connectivity index (χ1) is 8.41. The molecule has 0 radical (unpaired) electrons. The zero-order chi connectivity index (χ0) is 13.4. The lowest BCUT2D eigenvalue weighted by atomic mass is 10.1. The maximum absolute atomic E-state index is 11.7. The maximum Gasteiger partial charge on any atom is 0.274 e. The van der Waals surface area contributed by atoms with E-state index in [0.717, 1.165) is 21.6 Å². The van der Waals surface area contributed by atoms with E-state index in [1.807, 2.05) is 32.0 Å². The molecule has 0 aliphatic carbocycles. The Labute approximate surface area is 115 Å². The van der Waals surface area contributed by atoms with E-state index >= 15 is 0 Å². The molecule has 1 heterocycles. The summed E-state index contributed by atoms with van der Waals surface area (Å²) in [5.74, 6) is -1.07. The van der Waals surface area contributed by atoms with Crippen LogP contribution in [0.1, 0.15) is 16.7 Å². The number of imide groups is 1. The van der Waals surface area contributed by atoms with Crippen LogP contribution < -0.4 is 0 Å². The Morgan fingerprint density at radius 3 is 2.06 bits per heavy atom. The molecule has 0 unspecified atom stereocenters. The van der Waals surface area contributed by atoms with Crippen LogP contribution in [-0.4, -0.2) is 16.7 Å². The van der Waals surface area contributed by atoms with E-state index in [1.54, 1.807) is 0 Å². The first-order valence-electron chi connectivity index (χ1n) is 5.39. The van der Waals surface area contributed by atoms with Crippen molar-refractivity contribution >= 4 is 35.0 Å².